The topological polar surface area (TPSA) is 111 Å². The summed E-state index contributed by atoms with van der Waals surface area (Å²) in [6.45, 7) is 1.01. The van der Waals surface area contributed by atoms with Crippen LogP contribution < -0.4 is 25.1 Å². The number of aliphatic hydroxyl groups is 1. The summed E-state index contributed by atoms with van der Waals surface area (Å²) in [5.41, 5.74) is 10.2. The first-order valence-corrected chi connectivity index (χ1v) is 17.2. The van der Waals surface area contributed by atoms with E-state index in [1.807, 2.05) is 109 Å². The number of aliphatic hydroxyl groups excluding tert-OH is 1. The molecular weight excluding hydrogens is 698 g/mol. The molecule has 0 saturated heterocycles. The van der Waals surface area contributed by atoms with Gasteiger partial charge in [0.15, 0.2) is 23.1 Å². The minimum Gasteiger partial charge on any atom is -0.494 e. The van der Waals surface area contributed by atoms with Crippen LogP contribution in [0.5, 0.6) is 17.2 Å². The lowest BCUT2D eigenvalue weighted by Crippen LogP contribution is -2.53. The zero-order chi connectivity index (χ0) is 34.3. The van der Waals surface area contributed by atoms with E-state index in [4.69, 9.17) is 29.0 Å². The van der Waals surface area contributed by atoms with Gasteiger partial charge in [-0.15, -0.1) is 0 Å². The summed E-state index contributed by atoms with van der Waals surface area (Å²) in [6, 6.07) is 39.2. The maximum Gasteiger partial charge on any atom is 0.266 e. The van der Waals surface area contributed by atoms with E-state index >= 15 is 0 Å². The van der Waals surface area contributed by atoms with Crippen molar-refractivity contribution < 1.29 is 28.8 Å². The molecule has 0 fully saturated rings. The largest absolute Gasteiger partial charge is 0.494 e. The number of benzene rings is 5. The number of rotatable bonds is 13. The third kappa shape index (κ3) is 7.38. The molecule has 0 aliphatic carbocycles. The Kier molecular flexibility index (Phi) is 10.1. The zero-order valence-corrected chi connectivity index (χ0v) is 28.8. The Hall–Kier alpha value is -5.16. The number of halogens is 1. The first-order chi connectivity index (χ1) is 24.5. The van der Waals surface area contributed by atoms with Crippen molar-refractivity contribution >= 4 is 27.7 Å². The lowest BCUT2D eigenvalue weighted by atomic mass is 9.82. The highest BCUT2D eigenvalue weighted by atomic mass is 79.9. The van der Waals surface area contributed by atoms with Crippen LogP contribution in [0.3, 0.4) is 0 Å². The van der Waals surface area contributed by atoms with Crippen LogP contribution in [0, 0.1) is 0 Å². The molecule has 0 aromatic heterocycles. The molecule has 0 radical (unpaired) electrons. The van der Waals surface area contributed by atoms with Crippen molar-refractivity contribution in [2.45, 2.75) is 31.0 Å². The quantitative estimate of drug-likeness (QED) is 0.0890. The van der Waals surface area contributed by atoms with Crippen LogP contribution in [-0.2, 0) is 22.5 Å². The second-order valence-electron chi connectivity index (χ2n) is 12.1. The Bertz CT molecular complexity index is 1950. The molecule has 5 aromatic carbocycles. The average Bonchev–Trinajstić information content (AvgIpc) is 3.79. The van der Waals surface area contributed by atoms with Crippen molar-refractivity contribution in [3.05, 3.63) is 148 Å². The molecule has 2 heterocycles. The van der Waals surface area contributed by atoms with Gasteiger partial charge in [-0.3, -0.25) is 10.2 Å². The Morgan fingerprint density at radius 2 is 1.54 bits per heavy atom. The third-order valence-electron chi connectivity index (χ3n) is 8.67. The molecule has 9 nitrogen and oxygen atoms in total. The summed E-state index contributed by atoms with van der Waals surface area (Å²) >= 11 is 3.53. The normalized spacial score (nSPS) is 17.6. The summed E-state index contributed by atoms with van der Waals surface area (Å²) in [4.78, 5) is 19.8. The molecule has 2 aliphatic heterocycles. The van der Waals surface area contributed by atoms with Crippen molar-refractivity contribution in [3.8, 4) is 28.4 Å². The molecule has 10 heteroatoms. The highest BCUT2D eigenvalue weighted by molar-refractivity contribution is 9.10. The van der Waals surface area contributed by atoms with Crippen molar-refractivity contribution in [2.75, 3.05) is 20.0 Å². The van der Waals surface area contributed by atoms with E-state index in [0.717, 1.165) is 32.3 Å². The van der Waals surface area contributed by atoms with Crippen LogP contribution in [-0.4, -0.2) is 42.5 Å². The van der Waals surface area contributed by atoms with Crippen molar-refractivity contribution in [1.82, 2.24) is 10.9 Å². The fourth-order valence-corrected chi connectivity index (χ4v) is 6.33. The standard InChI is InChI=1S/C40H36BrN3O6/c41-33-16-7-27(8-17-33)24-40(39(46)44-42-25-28-9-20-35-36(23-28)49-26-48-35)37(31-12-10-30(11-13-31)29-5-2-1-3-6-29)50-38(43-40)32-14-18-34(19-15-32)47-22-4-21-45/h1-3,5-20,23,37,42,45H,4,21-22,24-26H2,(H,44,46)/t37-,40-/m0/s1. The number of ether oxygens (including phenoxy) is 4. The monoisotopic (exact) mass is 733 g/mol. The number of hydrogen-bond donors (Lipinski definition) is 3. The lowest BCUT2D eigenvalue weighted by Gasteiger charge is -2.31. The van der Waals surface area contributed by atoms with Gasteiger partial charge in [-0.2, -0.15) is 0 Å². The number of amides is 1. The minimum absolute atomic E-state index is 0.0600. The van der Waals surface area contributed by atoms with Crippen LogP contribution in [0.4, 0.5) is 0 Å². The minimum atomic E-state index is -1.38. The van der Waals surface area contributed by atoms with E-state index < -0.39 is 11.6 Å². The maximum absolute atomic E-state index is 14.6. The number of carbonyl (C=O) groups is 1. The number of nitrogens with one attached hydrogen (secondary N) is 2. The molecule has 0 bridgehead atoms. The van der Waals surface area contributed by atoms with E-state index in [2.05, 4.69) is 38.9 Å². The van der Waals surface area contributed by atoms with Crippen LogP contribution in [0.15, 0.2) is 131 Å². The zero-order valence-electron chi connectivity index (χ0n) is 27.2. The van der Waals surface area contributed by atoms with Gasteiger partial charge in [-0.05, 0) is 76.3 Å². The summed E-state index contributed by atoms with van der Waals surface area (Å²) in [5, 5.41) is 9.12. The fourth-order valence-electron chi connectivity index (χ4n) is 6.06. The van der Waals surface area contributed by atoms with E-state index in [-0.39, 0.29) is 25.7 Å². The number of fused-ring (bicyclic) bond motifs is 1. The highest BCUT2D eigenvalue weighted by Crippen LogP contribution is 2.43. The van der Waals surface area contributed by atoms with E-state index in [9.17, 15) is 4.79 Å². The van der Waals surface area contributed by atoms with Gasteiger partial charge >= 0.3 is 0 Å². The molecule has 1 amide bonds. The number of carbonyl (C=O) groups excluding carboxylic acids is 1. The molecule has 50 heavy (non-hydrogen) atoms. The Morgan fingerprint density at radius 3 is 2.30 bits per heavy atom. The molecule has 0 spiro atoms. The molecule has 5 aromatic rings. The molecule has 7 rings (SSSR count). The van der Waals surface area contributed by atoms with Gasteiger partial charge in [0.2, 0.25) is 12.7 Å². The molecule has 0 unspecified atom stereocenters. The highest BCUT2D eigenvalue weighted by Gasteiger charge is 2.53. The molecule has 3 N–H and O–H groups in total. The smallest absolute Gasteiger partial charge is 0.266 e. The van der Waals surface area contributed by atoms with Crippen molar-refractivity contribution in [3.63, 3.8) is 0 Å². The molecule has 2 aliphatic rings. The van der Waals surface area contributed by atoms with Crippen LogP contribution in [0.1, 0.15) is 34.8 Å². The third-order valence-corrected chi connectivity index (χ3v) is 9.20. The summed E-state index contributed by atoms with van der Waals surface area (Å²) in [6.07, 6.45) is 0.0619. The lowest BCUT2D eigenvalue weighted by molar-refractivity contribution is -0.130. The van der Waals surface area contributed by atoms with Crippen molar-refractivity contribution in [2.24, 2.45) is 4.99 Å². The van der Waals surface area contributed by atoms with Gasteiger partial charge in [0.05, 0.1) is 6.61 Å². The van der Waals surface area contributed by atoms with Crippen LogP contribution in [0.25, 0.3) is 11.1 Å². The fraction of sp³-hybridized carbons (Fsp3) is 0.200. The predicted octanol–water partition coefficient (Wildman–Crippen LogP) is 6.93. The van der Waals surface area contributed by atoms with Crippen LogP contribution >= 0.6 is 15.9 Å². The van der Waals surface area contributed by atoms with Gasteiger partial charge in [0, 0.05) is 36.0 Å². The molecular formula is C40H36BrN3O6. The summed E-state index contributed by atoms with van der Waals surface area (Å²) in [7, 11) is 0. The molecule has 0 saturated carbocycles. The van der Waals surface area contributed by atoms with Gasteiger partial charge in [-0.25, -0.2) is 10.4 Å². The Morgan fingerprint density at radius 1 is 0.840 bits per heavy atom. The second kappa shape index (κ2) is 15.2. The van der Waals surface area contributed by atoms with Gasteiger partial charge in [0.25, 0.3) is 5.91 Å². The van der Waals surface area contributed by atoms with Gasteiger partial charge in [-0.1, -0.05) is 88.7 Å². The Labute approximate surface area is 299 Å². The first kappa shape index (κ1) is 33.3. The summed E-state index contributed by atoms with van der Waals surface area (Å²) < 4.78 is 24.4. The Balaban J connectivity index is 1.23. The predicted molar refractivity (Wildman–Crippen MR) is 194 cm³/mol. The number of nitrogens with zero attached hydrogens (tertiary/aromatic N) is 1. The SMILES string of the molecule is O=C(NNCc1ccc2c(c1)OCO2)[C@@]1(Cc2ccc(Br)cc2)N=C(c2ccc(OCCCO)cc2)O[C@H]1c1ccc(-c2ccccc2)cc1. The van der Waals surface area contributed by atoms with Crippen LogP contribution in [0.2, 0.25) is 0 Å². The second-order valence-corrected chi connectivity index (χ2v) is 13.0. The van der Waals surface area contributed by atoms with E-state index in [0.29, 0.717) is 48.3 Å². The average molecular weight is 735 g/mol. The summed E-state index contributed by atoms with van der Waals surface area (Å²) in [5.74, 6) is 2.05. The number of hydrazine groups is 1. The number of hydrogen-bond acceptors (Lipinski definition) is 8. The number of aliphatic imine (C=N–C) groups is 1. The van der Waals surface area contributed by atoms with Gasteiger partial charge < -0.3 is 24.1 Å². The van der Waals surface area contributed by atoms with E-state index in [1.165, 1.54) is 0 Å². The molecule has 254 valence electrons. The first-order valence-electron chi connectivity index (χ1n) is 16.4. The molecule has 2 atom stereocenters. The maximum atomic E-state index is 14.6. The van der Waals surface area contributed by atoms with Gasteiger partial charge in [0.1, 0.15) is 5.75 Å². The van der Waals surface area contributed by atoms with Crippen molar-refractivity contribution in [1.29, 1.82) is 0 Å². The van der Waals surface area contributed by atoms with E-state index in [1.54, 1.807) is 0 Å².